The van der Waals surface area contributed by atoms with Gasteiger partial charge < -0.3 is 19.8 Å². The fourth-order valence-electron chi connectivity index (χ4n) is 4.30. The van der Waals surface area contributed by atoms with Gasteiger partial charge in [0.25, 0.3) is 0 Å². The average Bonchev–Trinajstić information content (AvgIpc) is 3.28. The van der Waals surface area contributed by atoms with Gasteiger partial charge in [-0.3, -0.25) is 4.79 Å². The number of carbonyl (C=O) groups is 1. The zero-order valence-corrected chi connectivity index (χ0v) is 20.4. The minimum Gasteiger partial charge on any atom is -0.488 e. The molecule has 0 aliphatic rings. The van der Waals surface area contributed by atoms with Gasteiger partial charge in [0.1, 0.15) is 18.2 Å². The van der Waals surface area contributed by atoms with Crippen LogP contribution in [0.15, 0.2) is 66.9 Å². The summed E-state index contributed by atoms with van der Waals surface area (Å²) < 4.78 is 27.4. The van der Waals surface area contributed by atoms with Crippen molar-refractivity contribution in [1.82, 2.24) is 4.57 Å². The minimum absolute atomic E-state index is 0.0236. The summed E-state index contributed by atoms with van der Waals surface area (Å²) in [6.45, 7) is 7.03. The summed E-state index contributed by atoms with van der Waals surface area (Å²) in [6, 6.07) is 19.1. The van der Waals surface area contributed by atoms with Crippen molar-refractivity contribution in [3.05, 3.63) is 89.4 Å². The number of benzene rings is 3. The number of nitrogens with two attached hydrogens (primary N) is 1. The van der Waals surface area contributed by atoms with E-state index in [2.05, 4.69) is 54.9 Å². The van der Waals surface area contributed by atoms with Crippen molar-refractivity contribution in [3.8, 4) is 16.9 Å². The molecule has 0 fully saturated rings. The fourth-order valence-corrected chi connectivity index (χ4v) is 4.30. The summed E-state index contributed by atoms with van der Waals surface area (Å²) >= 11 is 0. The highest BCUT2D eigenvalue weighted by Crippen LogP contribution is 2.33. The Morgan fingerprint density at radius 1 is 1.06 bits per heavy atom. The summed E-state index contributed by atoms with van der Waals surface area (Å²) in [7, 11) is 0. The van der Waals surface area contributed by atoms with E-state index in [0.29, 0.717) is 24.5 Å². The van der Waals surface area contributed by atoms with Crippen molar-refractivity contribution in [2.75, 3.05) is 6.61 Å². The zero-order valence-electron chi connectivity index (χ0n) is 20.4. The molecule has 4 rings (SSSR count). The van der Waals surface area contributed by atoms with Crippen LogP contribution in [0.25, 0.3) is 22.0 Å². The number of aromatic nitrogens is 1. The molecule has 0 saturated heterocycles. The first-order valence-corrected chi connectivity index (χ1v) is 11.9. The Morgan fingerprint density at radius 3 is 2.63 bits per heavy atom. The standard InChI is InChI=1S/C29H31FN2O3/c1-4-34-29(33)15-23-8-9-24(30)16-28(23)35-18-21-13-26(22-7-5-6-20(12-22)17-31)25-10-11-32(19(2)3)27(25)14-21/h5-14,16,19H,4,15,17-18,31H2,1-3H3. The molecule has 0 aliphatic heterocycles. The number of hydrogen-bond donors (Lipinski definition) is 1. The van der Waals surface area contributed by atoms with Crippen molar-refractivity contribution in [2.24, 2.45) is 5.73 Å². The lowest BCUT2D eigenvalue weighted by Crippen LogP contribution is -2.09. The van der Waals surface area contributed by atoms with Crippen LogP contribution in [0.1, 0.15) is 43.5 Å². The number of carbonyl (C=O) groups excluding carboxylic acids is 1. The van der Waals surface area contributed by atoms with Crippen LogP contribution in [0.3, 0.4) is 0 Å². The lowest BCUT2D eigenvalue weighted by atomic mass is 9.97. The Bertz CT molecular complexity index is 1340. The van der Waals surface area contributed by atoms with Crippen LogP contribution < -0.4 is 10.5 Å². The highest BCUT2D eigenvalue weighted by molar-refractivity contribution is 5.96. The molecule has 6 heteroatoms. The van der Waals surface area contributed by atoms with E-state index in [1.165, 1.54) is 12.1 Å². The molecule has 0 saturated carbocycles. The fraction of sp³-hybridized carbons (Fsp3) is 0.276. The molecule has 0 unspecified atom stereocenters. The molecule has 3 aromatic carbocycles. The van der Waals surface area contributed by atoms with E-state index in [0.717, 1.165) is 33.2 Å². The first-order valence-electron chi connectivity index (χ1n) is 11.9. The molecule has 1 aromatic heterocycles. The van der Waals surface area contributed by atoms with Gasteiger partial charge >= 0.3 is 5.97 Å². The van der Waals surface area contributed by atoms with E-state index in [4.69, 9.17) is 15.2 Å². The quantitative estimate of drug-likeness (QED) is 0.295. The zero-order chi connectivity index (χ0) is 24.9. The van der Waals surface area contributed by atoms with Crippen molar-refractivity contribution in [2.45, 2.75) is 46.4 Å². The van der Waals surface area contributed by atoms with E-state index in [9.17, 15) is 9.18 Å². The van der Waals surface area contributed by atoms with Crippen LogP contribution in [-0.4, -0.2) is 17.1 Å². The number of rotatable bonds is 9. The summed E-state index contributed by atoms with van der Waals surface area (Å²) in [6.07, 6.45) is 2.12. The van der Waals surface area contributed by atoms with Crippen LogP contribution in [0.4, 0.5) is 4.39 Å². The molecule has 0 bridgehead atoms. The van der Waals surface area contributed by atoms with Gasteiger partial charge in [-0.25, -0.2) is 4.39 Å². The van der Waals surface area contributed by atoms with Crippen LogP contribution in [0.5, 0.6) is 5.75 Å². The third kappa shape index (κ3) is 5.54. The van der Waals surface area contributed by atoms with Gasteiger partial charge in [0.2, 0.25) is 0 Å². The second-order valence-electron chi connectivity index (χ2n) is 8.82. The Labute approximate surface area is 205 Å². The van der Waals surface area contributed by atoms with Crippen molar-refractivity contribution >= 4 is 16.9 Å². The van der Waals surface area contributed by atoms with Gasteiger partial charge in [-0.2, -0.15) is 0 Å². The highest BCUT2D eigenvalue weighted by atomic mass is 19.1. The maximum absolute atomic E-state index is 14.0. The Balaban J connectivity index is 1.72. The predicted molar refractivity (Wildman–Crippen MR) is 137 cm³/mol. The van der Waals surface area contributed by atoms with E-state index in [-0.39, 0.29) is 25.0 Å². The highest BCUT2D eigenvalue weighted by Gasteiger charge is 2.15. The Hall–Kier alpha value is -3.64. The number of halogens is 1. The van der Waals surface area contributed by atoms with Crippen LogP contribution in [-0.2, 0) is 29.1 Å². The van der Waals surface area contributed by atoms with E-state index >= 15 is 0 Å². The van der Waals surface area contributed by atoms with Crippen molar-refractivity contribution < 1.29 is 18.7 Å². The number of hydrogen-bond acceptors (Lipinski definition) is 4. The average molecular weight is 475 g/mol. The molecule has 0 spiro atoms. The van der Waals surface area contributed by atoms with Crippen LogP contribution in [0, 0.1) is 5.82 Å². The van der Waals surface area contributed by atoms with Gasteiger partial charge in [0, 0.05) is 41.3 Å². The number of ether oxygens (including phenoxy) is 2. The molecule has 0 amide bonds. The molecule has 1 heterocycles. The molecule has 0 atom stereocenters. The van der Waals surface area contributed by atoms with Crippen LogP contribution in [0.2, 0.25) is 0 Å². The van der Waals surface area contributed by atoms with Crippen molar-refractivity contribution in [3.63, 3.8) is 0 Å². The Kier molecular flexibility index (Phi) is 7.51. The molecule has 2 N–H and O–H groups in total. The summed E-state index contributed by atoms with van der Waals surface area (Å²) in [4.78, 5) is 12.0. The third-order valence-corrected chi connectivity index (χ3v) is 5.99. The molecule has 0 radical (unpaired) electrons. The number of fused-ring (bicyclic) bond motifs is 1. The van der Waals surface area contributed by atoms with E-state index < -0.39 is 5.82 Å². The smallest absolute Gasteiger partial charge is 0.310 e. The second kappa shape index (κ2) is 10.7. The molecule has 4 aromatic rings. The third-order valence-electron chi connectivity index (χ3n) is 5.99. The van der Waals surface area contributed by atoms with Crippen molar-refractivity contribution in [1.29, 1.82) is 0 Å². The topological polar surface area (TPSA) is 66.5 Å². The molecule has 182 valence electrons. The summed E-state index contributed by atoms with van der Waals surface area (Å²) in [5.74, 6) is -0.456. The molecular formula is C29H31FN2O3. The largest absolute Gasteiger partial charge is 0.488 e. The van der Waals surface area contributed by atoms with Gasteiger partial charge in [0.15, 0.2) is 0 Å². The normalized spacial score (nSPS) is 11.3. The van der Waals surface area contributed by atoms with Gasteiger partial charge in [-0.1, -0.05) is 24.3 Å². The second-order valence-corrected chi connectivity index (χ2v) is 8.82. The minimum atomic E-state index is -0.420. The molecular weight excluding hydrogens is 443 g/mol. The SMILES string of the molecule is CCOC(=O)Cc1ccc(F)cc1OCc1cc(-c2cccc(CN)c2)c2ccn(C(C)C)c2c1. The first-order chi connectivity index (χ1) is 16.9. The first kappa shape index (κ1) is 24.5. The molecule has 5 nitrogen and oxygen atoms in total. The lowest BCUT2D eigenvalue weighted by Gasteiger charge is -2.15. The maximum atomic E-state index is 14.0. The summed E-state index contributed by atoms with van der Waals surface area (Å²) in [5, 5.41) is 1.14. The monoisotopic (exact) mass is 474 g/mol. The maximum Gasteiger partial charge on any atom is 0.310 e. The van der Waals surface area contributed by atoms with Gasteiger partial charge in [-0.15, -0.1) is 0 Å². The predicted octanol–water partition coefficient (Wildman–Crippen LogP) is 6.17. The molecule has 35 heavy (non-hydrogen) atoms. The lowest BCUT2D eigenvalue weighted by molar-refractivity contribution is -0.142. The van der Waals surface area contributed by atoms with E-state index in [1.807, 2.05) is 12.1 Å². The van der Waals surface area contributed by atoms with Crippen LogP contribution >= 0.6 is 0 Å². The van der Waals surface area contributed by atoms with E-state index in [1.54, 1.807) is 13.0 Å². The summed E-state index contributed by atoms with van der Waals surface area (Å²) in [5.41, 5.74) is 11.7. The number of esters is 1. The van der Waals surface area contributed by atoms with Gasteiger partial charge in [0.05, 0.1) is 13.0 Å². The Morgan fingerprint density at radius 2 is 1.89 bits per heavy atom. The number of nitrogens with zero attached hydrogens (tertiary/aromatic N) is 1. The molecule has 0 aliphatic carbocycles. The van der Waals surface area contributed by atoms with Gasteiger partial charge in [-0.05, 0) is 73.4 Å².